The summed E-state index contributed by atoms with van der Waals surface area (Å²) in [6, 6.07) is 32.6. The zero-order valence-electron chi connectivity index (χ0n) is 25.9. The molecule has 0 bridgehead atoms. The summed E-state index contributed by atoms with van der Waals surface area (Å²) in [6.45, 7) is 12.8. The van der Waals surface area contributed by atoms with Crippen LogP contribution in [0.15, 0.2) is 102 Å². The summed E-state index contributed by atoms with van der Waals surface area (Å²) in [6.07, 6.45) is 1.66. The zero-order valence-corrected chi connectivity index (χ0v) is 26.7. The SMILES string of the molecule is Cc1cc(Cc2c(C)cccc2C)ccc1C(c1ccc(Cc2c(C)cccc2C)cc1C)c1ccccc1S(=O)(=O)O. The molecule has 0 spiro atoms. The molecule has 0 aliphatic rings. The fourth-order valence-electron chi connectivity index (χ4n) is 6.46. The molecule has 0 saturated heterocycles. The summed E-state index contributed by atoms with van der Waals surface area (Å²) in [5.41, 5.74) is 15.0. The molecule has 3 nitrogen and oxygen atoms in total. The summed E-state index contributed by atoms with van der Waals surface area (Å²) in [4.78, 5) is -0.0574. The van der Waals surface area contributed by atoms with Gasteiger partial charge in [-0.05, 0) is 133 Å². The maximum Gasteiger partial charge on any atom is 0.294 e. The van der Waals surface area contributed by atoms with Crippen molar-refractivity contribution in [2.24, 2.45) is 0 Å². The molecule has 1 N–H and O–H groups in total. The lowest BCUT2D eigenvalue weighted by Crippen LogP contribution is -2.13. The first-order chi connectivity index (χ1) is 20.4. The van der Waals surface area contributed by atoms with Crippen LogP contribution in [0.1, 0.15) is 78.2 Å². The first-order valence-electron chi connectivity index (χ1n) is 14.8. The lowest BCUT2D eigenvalue weighted by molar-refractivity contribution is 0.482. The quantitative estimate of drug-likeness (QED) is 0.145. The molecule has 0 heterocycles. The van der Waals surface area contributed by atoms with Gasteiger partial charge in [0, 0.05) is 5.92 Å². The van der Waals surface area contributed by atoms with E-state index < -0.39 is 10.1 Å². The van der Waals surface area contributed by atoms with Crippen molar-refractivity contribution in [2.45, 2.75) is 65.2 Å². The molecule has 0 fully saturated rings. The highest BCUT2D eigenvalue weighted by Crippen LogP contribution is 2.39. The van der Waals surface area contributed by atoms with E-state index in [1.807, 2.05) is 12.1 Å². The Balaban J connectivity index is 1.62. The number of rotatable bonds is 8. The van der Waals surface area contributed by atoms with Crippen molar-refractivity contribution in [3.63, 3.8) is 0 Å². The molecule has 0 radical (unpaired) electrons. The van der Waals surface area contributed by atoms with Crippen molar-refractivity contribution in [3.8, 4) is 0 Å². The van der Waals surface area contributed by atoms with Gasteiger partial charge < -0.3 is 0 Å². The van der Waals surface area contributed by atoms with Crippen LogP contribution in [-0.4, -0.2) is 13.0 Å². The van der Waals surface area contributed by atoms with Crippen LogP contribution in [0.3, 0.4) is 0 Å². The molecule has 0 saturated carbocycles. The van der Waals surface area contributed by atoms with E-state index in [-0.39, 0.29) is 10.8 Å². The van der Waals surface area contributed by atoms with Crippen molar-refractivity contribution < 1.29 is 13.0 Å². The smallest absolute Gasteiger partial charge is 0.282 e. The Morgan fingerprint density at radius 3 is 1.33 bits per heavy atom. The molecule has 0 unspecified atom stereocenters. The summed E-state index contributed by atoms with van der Waals surface area (Å²) in [5, 5.41) is 0. The highest BCUT2D eigenvalue weighted by Gasteiger charge is 2.27. The lowest BCUT2D eigenvalue weighted by Gasteiger charge is -2.25. The van der Waals surface area contributed by atoms with Crippen LogP contribution in [0.25, 0.3) is 0 Å². The van der Waals surface area contributed by atoms with Gasteiger partial charge in [0.15, 0.2) is 0 Å². The standard InChI is InChI=1S/C39H40O3S/c1-25-11-9-12-26(2)36(25)23-31-17-19-33(29(5)21-31)39(35-15-7-8-16-38(35)43(40,41)42)34-20-18-32(22-30(34)6)24-37-27(3)13-10-14-28(37)4/h7-22,39H,23-24H2,1-6H3,(H,40,41,42). The van der Waals surface area contributed by atoms with E-state index in [0.29, 0.717) is 5.56 Å². The normalized spacial score (nSPS) is 11.7. The highest BCUT2D eigenvalue weighted by atomic mass is 32.2. The Morgan fingerprint density at radius 2 is 0.930 bits per heavy atom. The van der Waals surface area contributed by atoms with Gasteiger partial charge in [0.1, 0.15) is 0 Å². The second-order valence-corrected chi connectivity index (χ2v) is 13.3. The van der Waals surface area contributed by atoms with Crippen LogP contribution in [0.2, 0.25) is 0 Å². The van der Waals surface area contributed by atoms with Crippen LogP contribution in [0.4, 0.5) is 0 Å². The van der Waals surface area contributed by atoms with E-state index in [9.17, 15) is 13.0 Å². The van der Waals surface area contributed by atoms with Gasteiger partial charge in [0.05, 0.1) is 4.90 Å². The fourth-order valence-corrected chi connectivity index (χ4v) is 7.20. The first-order valence-corrected chi connectivity index (χ1v) is 16.2. The summed E-state index contributed by atoms with van der Waals surface area (Å²) in [7, 11) is -4.44. The minimum absolute atomic E-state index is 0.0574. The van der Waals surface area contributed by atoms with E-state index in [1.165, 1.54) is 50.6 Å². The Hall–Kier alpha value is -3.99. The third-order valence-electron chi connectivity index (χ3n) is 8.85. The molecule has 5 rings (SSSR count). The molecule has 0 aromatic heterocycles. The Labute approximate surface area is 257 Å². The molecular formula is C39H40O3S. The third kappa shape index (κ3) is 6.51. The zero-order chi connectivity index (χ0) is 30.9. The minimum atomic E-state index is -4.44. The van der Waals surface area contributed by atoms with Gasteiger partial charge in [-0.3, -0.25) is 4.55 Å². The molecule has 0 aliphatic heterocycles. The highest BCUT2D eigenvalue weighted by molar-refractivity contribution is 7.85. The summed E-state index contributed by atoms with van der Waals surface area (Å²) >= 11 is 0. The molecule has 0 atom stereocenters. The largest absolute Gasteiger partial charge is 0.294 e. The van der Waals surface area contributed by atoms with Crippen LogP contribution >= 0.6 is 0 Å². The van der Waals surface area contributed by atoms with E-state index in [4.69, 9.17) is 0 Å². The maximum absolute atomic E-state index is 12.6. The van der Waals surface area contributed by atoms with Crippen molar-refractivity contribution in [3.05, 3.63) is 169 Å². The van der Waals surface area contributed by atoms with Crippen molar-refractivity contribution in [1.82, 2.24) is 0 Å². The Morgan fingerprint density at radius 1 is 0.512 bits per heavy atom. The van der Waals surface area contributed by atoms with Crippen LogP contribution < -0.4 is 0 Å². The lowest BCUT2D eigenvalue weighted by atomic mass is 9.80. The number of aryl methyl sites for hydroxylation is 6. The molecule has 0 amide bonds. The summed E-state index contributed by atoms with van der Waals surface area (Å²) < 4.78 is 35.4. The first kappa shape index (κ1) is 30.5. The monoisotopic (exact) mass is 588 g/mol. The molecule has 5 aromatic carbocycles. The predicted octanol–water partition coefficient (Wildman–Crippen LogP) is 9.15. The Kier molecular flexibility index (Phi) is 8.73. The summed E-state index contributed by atoms with van der Waals surface area (Å²) in [5.74, 6) is -0.373. The van der Waals surface area contributed by atoms with Gasteiger partial charge >= 0.3 is 0 Å². The third-order valence-corrected chi connectivity index (χ3v) is 9.78. The van der Waals surface area contributed by atoms with Gasteiger partial charge in [-0.1, -0.05) is 91.0 Å². The molecule has 0 aliphatic carbocycles. The number of hydrogen-bond acceptors (Lipinski definition) is 2. The van der Waals surface area contributed by atoms with Crippen molar-refractivity contribution in [1.29, 1.82) is 0 Å². The van der Waals surface area contributed by atoms with Crippen LogP contribution in [0, 0.1) is 41.5 Å². The predicted molar refractivity (Wildman–Crippen MR) is 177 cm³/mol. The Bertz CT molecular complexity index is 1770. The maximum atomic E-state index is 12.6. The van der Waals surface area contributed by atoms with Crippen molar-refractivity contribution in [2.75, 3.05) is 0 Å². The van der Waals surface area contributed by atoms with E-state index in [0.717, 1.165) is 35.1 Å². The van der Waals surface area contributed by atoms with Gasteiger partial charge in [0.2, 0.25) is 0 Å². The van der Waals surface area contributed by atoms with Crippen molar-refractivity contribution >= 4 is 10.1 Å². The van der Waals surface area contributed by atoms with Gasteiger partial charge in [0.25, 0.3) is 10.1 Å². The van der Waals surface area contributed by atoms with Crippen LogP contribution in [0.5, 0.6) is 0 Å². The van der Waals surface area contributed by atoms with Gasteiger partial charge in [-0.15, -0.1) is 0 Å². The molecule has 220 valence electrons. The number of hydrogen-bond donors (Lipinski definition) is 1. The molecule has 43 heavy (non-hydrogen) atoms. The molecule has 4 heteroatoms. The van der Waals surface area contributed by atoms with E-state index >= 15 is 0 Å². The molecular weight excluding hydrogens is 548 g/mol. The minimum Gasteiger partial charge on any atom is -0.282 e. The topological polar surface area (TPSA) is 54.4 Å². The van der Waals surface area contributed by atoms with Gasteiger partial charge in [-0.2, -0.15) is 8.42 Å². The molecule has 5 aromatic rings. The average Bonchev–Trinajstić information content (AvgIpc) is 2.95. The number of benzene rings is 5. The fraction of sp³-hybridized carbons (Fsp3) is 0.231. The van der Waals surface area contributed by atoms with Crippen LogP contribution in [-0.2, 0) is 23.0 Å². The van der Waals surface area contributed by atoms with E-state index in [1.54, 1.807) is 6.07 Å². The van der Waals surface area contributed by atoms with Gasteiger partial charge in [-0.25, -0.2) is 0 Å². The second kappa shape index (κ2) is 12.3. The van der Waals surface area contributed by atoms with E-state index in [2.05, 4.69) is 114 Å². The second-order valence-electron chi connectivity index (χ2n) is 11.9. The average molecular weight is 589 g/mol.